The van der Waals surface area contributed by atoms with E-state index in [0.29, 0.717) is 0 Å². The zero-order valence-electron chi connectivity index (χ0n) is 11.6. The second-order valence-electron chi connectivity index (χ2n) is 5.94. The zero-order valence-corrected chi connectivity index (χ0v) is 12.4. The Kier molecular flexibility index (Phi) is 4.50. The van der Waals surface area contributed by atoms with E-state index >= 15 is 0 Å². The van der Waals surface area contributed by atoms with E-state index in [-0.39, 0.29) is 10.8 Å². The van der Waals surface area contributed by atoms with Gasteiger partial charge in [0, 0.05) is 29.2 Å². The SMILES string of the molecule is C=CC(C)(CNC)Cc1nc(C(C)(C)C)cs1. The minimum absolute atomic E-state index is 0.0851. The highest BCUT2D eigenvalue weighted by Crippen LogP contribution is 2.28. The monoisotopic (exact) mass is 252 g/mol. The lowest BCUT2D eigenvalue weighted by atomic mass is 9.87. The summed E-state index contributed by atoms with van der Waals surface area (Å²) in [6.45, 7) is 13.7. The van der Waals surface area contributed by atoms with Crippen LogP contribution in [0.3, 0.4) is 0 Å². The molecule has 1 atom stereocenters. The van der Waals surface area contributed by atoms with Crippen LogP contribution >= 0.6 is 11.3 Å². The number of thiazole rings is 1. The smallest absolute Gasteiger partial charge is 0.0937 e. The normalized spacial score (nSPS) is 15.6. The van der Waals surface area contributed by atoms with Crippen molar-refractivity contribution in [2.45, 2.75) is 39.5 Å². The molecule has 0 radical (unpaired) electrons. The molecule has 0 aliphatic heterocycles. The first-order valence-corrected chi connectivity index (χ1v) is 6.92. The summed E-state index contributed by atoms with van der Waals surface area (Å²) in [5.74, 6) is 0. The molecule has 1 heterocycles. The van der Waals surface area contributed by atoms with Crippen molar-refractivity contribution in [2.75, 3.05) is 13.6 Å². The molecule has 0 saturated heterocycles. The van der Waals surface area contributed by atoms with Crippen molar-refractivity contribution < 1.29 is 0 Å². The van der Waals surface area contributed by atoms with Crippen molar-refractivity contribution in [1.82, 2.24) is 10.3 Å². The van der Waals surface area contributed by atoms with Crippen LogP contribution in [0.1, 0.15) is 38.4 Å². The number of aromatic nitrogens is 1. The van der Waals surface area contributed by atoms with E-state index in [4.69, 9.17) is 4.98 Å². The third kappa shape index (κ3) is 3.93. The highest BCUT2D eigenvalue weighted by atomic mass is 32.1. The van der Waals surface area contributed by atoms with Crippen LogP contribution in [0.4, 0.5) is 0 Å². The van der Waals surface area contributed by atoms with E-state index in [0.717, 1.165) is 13.0 Å². The topological polar surface area (TPSA) is 24.9 Å². The van der Waals surface area contributed by atoms with Gasteiger partial charge in [-0.15, -0.1) is 17.9 Å². The summed E-state index contributed by atoms with van der Waals surface area (Å²) in [4.78, 5) is 4.74. The Morgan fingerprint density at radius 2 is 2.06 bits per heavy atom. The van der Waals surface area contributed by atoms with Crippen LogP contribution in [0.15, 0.2) is 18.0 Å². The largest absolute Gasteiger partial charge is 0.319 e. The highest BCUT2D eigenvalue weighted by Gasteiger charge is 2.23. The molecule has 0 bridgehead atoms. The second kappa shape index (κ2) is 5.32. The second-order valence-corrected chi connectivity index (χ2v) is 6.88. The van der Waals surface area contributed by atoms with Crippen LogP contribution in [0.2, 0.25) is 0 Å². The van der Waals surface area contributed by atoms with Gasteiger partial charge in [-0.05, 0) is 7.05 Å². The van der Waals surface area contributed by atoms with Crippen molar-refractivity contribution in [2.24, 2.45) is 5.41 Å². The van der Waals surface area contributed by atoms with E-state index in [1.807, 2.05) is 13.1 Å². The van der Waals surface area contributed by atoms with Crippen molar-refractivity contribution in [3.8, 4) is 0 Å². The molecular formula is C14H24N2S. The molecule has 3 heteroatoms. The lowest BCUT2D eigenvalue weighted by Crippen LogP contribution is -2.29. The number of nitrogens with zero attached hydrogens (tertiary/aromatic N) is 1. The van der Waals surface area contributed by atoms with Crippen LogP contribution in [0, 0.1) is 5.41 Å². The molecular weight excluding hydrogens is 228 g/mol. The molecule has 0 spiro atoms. The number of hydrogen-bond donors (Lipinski definition) is 1. The van der Waals surface area contributed by atoms with Crippen LogP contribution in [0.5, 0.6) is 0 Å². The Labute approximate surface area is 109 Å². The summed E-state index contributed by atoms with van der Waals surface area (Å²) in [5.41, 5.74) is 1.41. The van der Waals surface area contributed by atoms with Crippen molar-refractivity contribution in [1.29, 1.82) is 0 Å². The molecule has 0 saturated carbocycles. The molecule has 0 amide bonds. The molecule has 0 aliphatic carbocycles. The van der Waals surface area contributed by atoms with E-state index in [2.05, 4.69) is 45.0 Å². The maximum atomic E-state index is 4.74. The molecule has 17 heavy (non-hydrogen) atoms. The van der Waals surface area contributed by atoms with Gasteiger partial charge in [0.15, 0.2) is 0 Å². The van der Waals surface area contributed by atoms with Crippen LogP contribution in [-0.4, -0.2) is 18.6 Å². The fraction of sp³-hybridized carbons (Fsp3) is 0.643. The van der Waals surface area contributed by atoms with E-state index < -0.39 is 0 Å². The molecule has 0 aromatic carbocycles. The van der Waals surface area contributed by atoms with Gasteiger partial charge in [-0.25, -0.2) is 4.98 Å². The van der Waals surface area contributed by atoms with Crippen molar-refractivity contribution in [3.05, 3.63) is 28.7 Å². The lowest BCUT2D eigenvalue weighted by molar-refractivity contribution is 0.404. The van der Waals surface area contributed by atoms with Gasteiger partial charge in [0.05, 0.1) is 10.7 Å². The maximum Gasteiger partial charge on any atom is 0.0937 e. The summed E-state index contributed by atoms with van der Waals surface area (Å²) in [6.07, 6.45) is 2.99. The van der Waals surface area contributed by atoms with Gasteiger partial charge in [0.25, 0.3) is 0 Å². The lowest BCUT2D eigenvalue weighted by Gasteiger charge is -2.24. The Balaban J connectivity index is 2.81. The molecule has 1 unspecified atom stereocenters. The number of hydrogen-bond acceptors (Lipinski definition) is 3. The van der Waals surface area contributed by atoms with E-state index in [1.54, 1.807) is 11.3 Å². The van der Waals surface area contributed by atoms with Gasteiger partial charge >= 0.3 is 0 Å². The Bertz CT molecular complexity index is 376. The minimum Gasteiger partial charge on any atom is -0.319 e. The summed E-state index contributed by atoms with van der Waals surface area (Å²) >= 11 is 1.76. The first-order valence-electron chi connectivity index (χ1n) is 6.04. The first-order chi connectivity index (χ1) is 7.80. The summed E-state index contributed by atoms with van der Waals surface area (Å²) in [5, 5.41) is 6.60. The molecule has 1 rings (SSSR count). The predicted octanol–water partition coefficient (Wildman–Crippen LogP) is 3.39. The fourth-order valence-corrected chi connectivity index (χ4v) is 2.91. The standard InChI is InChI=1S/C14H24N2S/c1-7-14(5,10-15-6)8-12-16-11(9-17-12)13(2,3)4/h7,9,15H,1,8,10H2,2-6H3. The number of nitrogens with one attached hydrogen (secondary N) is 1. The Morgan fingerprint density at radius 1 is 1.41 bits per heavy atom. The van der Waals surface area contributed by atoms with Crippen molar-refractivity contribution >= 4 is 11.3 Å². The quantitative estimate of drug-likeness (QED) is 0.813. The maximum absolute atomic E-state index is 4.74. The van der Waals surface area contributed by atoms with Gasteiger partial charge < -0.3 is 5.32 Å². The molecule has 1 aromatic heterocycles. The van der Waals surface area contributed by atoms with Crippen LogP contribution in [0.25, 0.3) is 0 Å². The zero-order chi connectivity index (χ0) is 13.1. The predicted molar refractivity (Wildman–Crippen MR) is 76.7 cm³/mol. The summed E-state index contributed by atoms with van der Waals surface area (Å²) in [7, 11) is 1.98. The summed E-state index contributed by atoms with van der Waals surface area (Å²) in [6, 6.07) is 0. The molecule has 96 valence electrons. The molecule has 1 N–H and O–H groups in total. The average Bonchev–Trinajstić information content (AvgIpc) is 2.66. The third-order valence-corrected chi connectivity index (χ3v) is 3.80. The van der Waals surface area contributed by atoms with Gasteiger partial charge in [0.2, 0.25) is 0 Å². The van der Waals surface area contributed by atoms with Gasteiger partial charge in [0.1, 0.15) is 0 Å². The molecule has 2 nitrogen and oxygen atoms in total. The van der Waals surface area contributed by atoms with E-state index in [9.17, 15) is 0 Å². The number of rotatable bonds is 5. The van der Waals surface area contributed by atoms with Gasteiger partial charge in [-0.2, -0.15) is 0 Å². The average molecular weight is 252 g/mol. The summed E-state index contributed by atoms with van der Waals surface area (Å²) < 4.78 is 0. The minimum atomic E-state index is 0.0851. The molecule has 0 fully saturated rings. The first kappa shape index (κ1) is 14.4. The van der Waals surface area contributed by atoms with Crippen LogP contribution in [-0.2, 0) is 11.8 Å². The van der Waals surface area contributed by atoms with Crippen molar-refractivity contribution in [3.63, 3.8) is 0 Å². The van der Waals surface area contributed by atoms with Crippen LogP contribution < -0.4 is 5.32 Å². The van der Waals surface area contributed by atoms with Gasteiger partial charge in [-0.1, -0.05) is 33.8 Å². The fourth-order valence-electron chi connectivity index (χ4n) is 1.69. The third-order valence-electron chi connectivity index (χ3n) is 2.95. The molecule has 0 aliphatic rings. The van der Waals surface area contributed by atoms with Gasteiger partial charge in [-0.3, -0.25) is 0 Å². The molecule has 1 aromatic rings. The Hall–Kier alpha value is -0.670. The highest BCUT2D eigenvalue weighted by molar-refractivity contribution is 7.09. The van der Waals surface area contributed by atoms with E-state index in [1.165, 1.54) is 10.7 Å². The Morgan fingerprint density at radius 3 is 2.47 bits per heavy atom.